The number of hydrogen-bond donors (Lipinski definition) is 1. The van der Waals surface area contributed by atoms with Crippen molar-refractivity contribution < 1.29 is 0 Å². The lowest BCUT2D eigenvalue weighted by Crippen LogP contribution is -2.60. The van der Waals surface area contributed by atoms with E-state index in [1.807, 2.05) is 0 Å². The zero-order chi connectivity index (χ0) is 9.60. The summed E-state index contributed by atoms with van der Waals surface area (Å²) in [6, 6.07) is 0.737. The molecule has 0 bridgehead atoms. The fraction of sp³-hybridized carbons (Fsp3) is 1.00. The first kappa shape index (κ1) is 9.17. The van der Waals surface area contributed by atoms with Crippen molar-refractivity contribution in [3.05, 3.63) is 0 Å². The molecule has 1 heterocycles. The van der Waals surface area contributed by atoms with E-state index < -0.39 is 0 Å². The highest BCUT2D eigenvalue weighted by molar-refractivity contribution is 5.02. The molecule has 14 heavy (non-hydrogen) atoms. The van der Waals surface area contributed by atoms with Crippen molar-refractivity contribution in [1.82, 2.24) is 4.90 Å². The molecule has 1 unspecified atom stereocenters. The van der Waals surface area contributed by atoms with Gasteiger partial charge in [0.1, 0.15) is 0 Å². The van der Waals surface area contributed by atoms with Gasteiger partial charge in [0.2, 0.25) is 0 Å². The van der Waals surface area contributed by atoms with Gasteiger partial charge in [0.15, 0.2) is 0 Å². The topological polar surface area (TPSA) is 29.3 Å². The molecule has 2 heteroatoms. The van der Waals surface area contributed by atoms with Gasteiger partial charge in [-0.3, -0.25) is 4.90 Å². The van der Waals surface area contributed by atoms with Gasteiger partial charge in [-0.05, 0) is 37.0 Å². The van der Waals surface area contributed by atoms with Crippen LogP contribution >= 0.6 is 0 Å². The molecule has 2 N–H and O–H groups in total. The van der Waals surface area contributed by atoms with Gasteiger partial charge in [-0.2, -0.15) is 0 Å². The maximum absolute atomic E-state index is 5.87. The van der Waals surface area contributed by atoms with Crippen LogP contribution in [0.2, 0.25) is 0 Å². The Kier molecular flexibility index (Phi) is 2.10. The molecule has 1 atom stereocenters. The Balaban J connectivity index is 1.56. The molecule has 2 saturated carbocycles. The molecule has 3 rings (SSSR count). The minimum atomic E-state index is 0.737. The van der Waals surface area contributed by atoms with E-state index in [1.54, 1.807) is 0 Å². The van der Waals surface area contributed by atoms with Crippen LogP contribution in [0.1, 0.15) is 38.5 Å². The second-order valence-electron chi connectivity index (χ2n) is 5.75. The maximum atomic E-state index is 5.87. The summed E-state index contributed by atoms with van der Waals surface area (Å²) in [6.45, 7) is 3.62. The molecule has 2 nitrogen and oxygen atoms in total. The number of likely N-dealkylation sites (tertiary alicyclic amines) is 1. The summed E-state index contributed by atoms with van der Waals surface area (Å²) in [7, 11) is 0. The molecule has 0 aromatic carbocycles. The van der Waals surface area contributed by atoms with Gasteiger partial charge in [-0.15, -0.1) is 0 Å². The zero-order valence-corrected chi connectivity index (χ0v) is 9.04. The van der Waals surface area contributed by atoms with Crippen LogP contribution in [0.25, 0.3) is 0 Å². The normalized spacial score (nSPS) is 33.2. The minimum Gasteiger partial charge on any atom is -0.329 e. The van der Waals surface area contributed by atoms with Crippen LogP contribution in [0, 0.1) is 11.3 Å². The largest absolute Gasteiger partial charge is 0.329 e. The molecule has 80 valence electrons. The maximum Gasteiger partial charge on any atom is 0.0247 e. The Hall–Kier alpha value is -0.0800. The van der Waals surface area contributed by atoms with Crippen LogP contribution in [-0.4, -0.2) is 30.6 Å². The van der Waals surface area contributed by atoms with Crippen LogP contribution < -0.4 is 5.73 Å². The highest BCUT2D eigenvalue weighted by atomic mass is 15.2. The van der Waals surface area contributed by atoms with Gasteiger partial charge in [0.05, 0.1) is 0 Å². The Morgan fingerprint density at radius 1 is 1.21 bits per heavy atom. The lowest BCUT2D eigenvalue weighted by molar-refractivity contribution is -0.0305. The predicted octanol–water partition coefficient (Wildman–Crippen LogP) is 1.60. The summed E-state index contributed by atoms with van der Waals surface area (Å²) < 4.78 is 0. The molecule has 1 saturated heterocycles. The number of hydrogen-bond acceptors (Lipinski definition) is 2. The van der Waals surface area contributed by atoms with Crippen LogP contribution in [-0.2, 0) is 0 Å². The summed E-state index contributed by atoms with van der Waals surface area (Å²) in [5.41, 5.74) is 6.62. The van der Waals surface area contributed by atoms with Gasteiger partial charge in [0, 0.05) is 25.7 Å². The van der Waals surface area contributed by atoms with Gasteiger partial charge < -0.3 is 5.73 Å². The summed E-state index contributed by atoms with van der Waals surface area (Å²) in [5.74, 6) is 0.957. The monoisotopic (exact) mass is 194 g/mol. The fourth-order valence-corrected chi connectivity index (χ4v) is 3.61. The SMILES string of the molecule is NCC(C1CC1)N1CC2(CCCC2)C1. The molecule has 0 amide bonds. The molecular weight excluding hydrogens is 172 g/mol. The molecule has 1 aliphatic heterocycles. The smallest absolute Gasteiger partial charge is 0.0247 e. The predicted molar refractivity (Wildman–Crippen MR) is 58.0 cm³/mol. The Labute approximate surface area is 86.8 Å². The lowest BCUT2D eigenvalue weighted by atomic mass is 9.77. The molecule has 3 fully saturated rings. The Bertz CT molecular complexity index is 208. The van der Waals surface area contributed by atoms with Crippen LogP contribution in [0.5, 0.6) is 0 Å². The third kappa shape index (κ3) is 1.40. The minimum absolute atomic E-state index is 0.737. The first-order valence-electron chi connectivity index (χ1n) is 6.27. The number of nitrogens with zero attached hydrogens (tertiary/aromatic N) is 1. The zero-order valence-electron chi connectivity index (χ0n) is 9.04. The summed E-state index contributed by atoms with van der Waals surface area (Å²) >= 11 is 0. The van der Waals surface area contributed by atoms with Crippen LogP contribution in [0.15, 0.2) is 0 Å². The van der Waals surface area contributed by atoms with E-state index in [0.29, 0.717) is 0 Å². The summed E-state index contributed by atoms with van der Waals surface area (Å²) in [6.07, 6.45) is 8.81. The van der Waals surface area contributed by atoms with E-state index >= 15 is 0 Å². The van der Waals surface area contributed by atoms with Crippen LogP contribution in [0.3, 0.4) is 0 Å². The van der Waals surface area contributed by atoms with E-state index in [-0.39, 0.29) is 0 Å². The van der Waals surface area contributed by atoms with Crippen molar-refractivity contribution in [3.8, 4) is 0 Å². The molecular formula is C12H22N2. The highest BCUT2D eigenvalue weighted by Crippen LogP contribution is 2.48. The van der Waals surface area contributed by atoms with Crippen LogP contribution in [0.4, 0.5) is 0 Å². The van der Waals surface area contributed by atoms with Crippen molar-refractivity contribution in [2.75, 3.05) is 19.6 Å². The molecule has 0 aromatic rings. The second kappa shape index (κ2) is 3.21. The van der Waals surface area contributed by atoms with Gasteiger partial charge in [-0.1, -0.05) is 12.8 Å². The number of nitrogens with two attached hydrogens (primary N) is 1. The molecule has 2 aliphatic carbocycles. The molecule has 0 aromatic heterocycles. The van der Waals surface area contributed by atoms with E-state index in [2.05, 4.69) is 4.90 Å². The third-order valence-corrected chi connectivity index (χ3v) is 4.62. The van der Waals surface area contributed by atoms with E-state index in [1.165, 1.54) is 51.6 Å². The summed E-state index contributed by atoms with van der Waals surface area (Å²) in [4.78, 5) is 2.67. The quantitative estimate of drug-likeness (QED) is 0.739. The first-order valence-corrected chi connectivity index (χ1v) is 6.27. The Morgan fingerprint density at radius 3 is 2.36 bits per heavy atom. The molecule has 0 radical (unpaired) electrons. The highest BCUT2D eigenvalue weighted by Gasteiger charge is 2.49. The first-order chi connectivity index (χ1) is 6.83. The third-order valence-electron chi connectivity index (χ3n) is 4.62. The second-order valence-corrected chi connectivity index (χ2v) is 5.75. The van der Waals surface area contributed by atoms with Gasteiger partial charge in [0.25, 0.3) is 0 Å². The lowest BCUT2D eigenvalue weighted by Gasteiger charge is -2.52. The van der Waals surface area contributed by atoms with Crippen molar-refractivity contribution in [1.29, 1.82) is 0 Å². The standard InChI is InChI=1S/C12H22N2/c13-7-11(10-3-4-10)14-8-12(9-14)5-1-2-6-12/h10-11H,1-9,13H2. The van der Waals surface area contributed by atoms with Gasteiger partial charge in [-0.25, -0.2) is 0 Å². The van der Waals surface area contributed by atoms with Gasteiger partial charge >= 0.3 is 0 Å². The van der Waals surface area contributed by atoms with Crippen molar-refractivity contribution in [3.63, 3.8) is 0 Å². The van der Waals surface area contributed by atoms with E-state index in [0.717, 1.165) is 23.9 Å². The average Bonchev–Trinajstić information content (AvgIpc) is 2.82. The van der Waals surface area contributed by atoms with E-state index in [4.69, 9.17) is 5.73 Å². The van der Waals surface area contributed by atoms with Crippen molar-refractivity contribution in [2.24, 2.45) is 17.1 Å². The van der Waals surface area contributed by atoms with E-state index in [9.17, 15) is 0 Å². The summed E-state index contributed by atoms with van der Waals surface area (Å²) in [5, 5.41) is 0. The molecule has 3 aliphatic rings. The molecule has 1 spiro atoms. The number of rotatable bonds is 3. The van der Waals surface area contributed by atoms with Crippen molar-refractivity contribution >= 4 is 0 Å². The van der Waals surface area contributed by atoms with Crippen molar-refractivity contribution in [2.45, 2.75) is 44.6 Å². The Morgan fingerprint density at radius 2 is 1.86 bits per heavy atom. The average molecular weight is 194 g/mol. The fourth-order valence-electron chi connectivity index (χ4n) is 3.61.